The van der Waals surface area contributed by atoms with Gasteiger partial charge in [0.2, 0.25) is 5.91 Å². The van der Waals surface area contributed by atoms with Gasteiger partial charge in [0.1, 0.15) is 15.9 Å². The monoisotopic (exact) mass is 319 g/mol. The van der Waals surface area contributed by atoms with Crippen LogP contribution in [0.5, 0.6) is 5.75 Å². The Morgan fingerprint density at radius 3 is 2.60 bits per heavy atom. The first-order valence-electron chi connectivity index (χ1n) is 6.53. The molecule has 0 radical (unpaired) electrons. The van der Waals surface area contributed by atoms with Gasteiger partial charge in [-0.15, -0.1) is 23.2 Å². The van der Waals surface area contributed by atoms with Gasteiger partial charge >= 0.3 is 0 Å². The molecule has 1 aromatic carbocycles. The first kappa shape index (κ1) is 15.4. The highest BCUT2D eigenvalue weighted by atomic mass is 35.5. The van der Waals surface area contributed by atoms with Crippen molar-refractivity contribution in [1.29, 1.82) is 0 Å². The summed E-state index contributed by atoms with van der Waals surface area (Å²) in [6.45, 7) is 1.10. The summed E-state index contributed by atoms with van der Waals surface area (Å²) in [7, 11) is 0. The van der Waals surface area contributed by atoms with E-state index in [9.17, 15) is 9.18 Å². The van der Waals surface area contributed by atoms with Crippen LogP contribution in [0.2, 0.25) is 0 Å². The van der Waals surface area contributed by atoms with Crippen LogP contribution >= 0.6 is 23.2 Å². The molecule has 6 heteroatoms. The first-order valence-corrected chi connectivity index (χ1v) is 7.28. The Labute approximate surface area is 127 Å². The zero-order chi connectivity index (χ0) is 14.6. The number of hydrogen-bond acceptors (Lipinski definition) is 2. The highest BCUT2D eigenvalue weighted by Crippen LogP contribution is 2.53. The quantitative estimate of drug-likeness (QED) is 0.618. The van der Waals surface area contributed by atoms with E-state index in [1.165, 1.54) is 12.1 Å². The maximum atomic E-state index is 12.7. The van der Waals surface area contributed by atoms with E-state index in [2.05, 4.69) is 5.32 Å². The summed E-state index contributed by atoms with van der Waals surface area (Å²) in [6.07, 6.45) is 2.13. The third-order valence-electron chi connectivity index (χ3n) is 3.10. The summed E-state index contributed by atoms with van der Waals surface area (Å²) in [5, 5.41) is 2.79. The molecule has 110 valence electrons. The summed E-state index contributed by atoms with van der Waals surface area (Å²) in [5.74, 6) is -0.00646. The number of benzene rings is 1. The van der Waals surface area contributed by atoms with Crippen LogP contribution in [0, 0.1) is 11.7 Å². The predicted molar refractivity (Wildman–Crippen MR) is 76.7 cm³/mol. The summed E-state index contributed by atoms with van der Waals surface area (Å²) >= 11 is 11.6. The second-order valence-electron chi connectivity index (χ2n) is 4.82. The molecule has 1 atom stereocenters. The third kappa shape index (κ3) is 4.53. The molecule has 0 heterocycles. The minimum Gasteiger partial charge on any atom is -0.494 e. The van der Waals surface area contributed by atoms with E-state index >= 15 is 0 Å². The molecule has 1 fully saturated rings. The van der Waals surface area contributed by atoms with Gasteiger partial charge in [0, 0.05) is 6.54 Å². The summed E-state index contributed by atoms with van der Waals surface area (Å²) in [4.78, 5) is 11.6. The standard InChI is InChI=1S/C14H16Cl2FNO2/c15-14(16)9-12(14)13(19)18-7-1-2-8-20-11-5-3-10(17)4-6-11/h3-6,12H,1-2,7-9H2,(H,18,19). The number of amides is 1. The highest BCUT2D eigenvalue weighted by molar-refractivity contribution is 6.52. The Hall–Kier alpha value is -1.00. The zero-order valence-corrected chi connectivity index (χ0v) is 12.4. The van der Waals surface area contributed by atoms with E-state index in [1.807, 2.05) is 0 Å². The van der Waals surface area contributed by atoms with E-state index in [-0.39, 0.29) is 17.6 Å². The van der Waals surface area contributed by atoms with Gasteiger partial charge in [-0.2, -0.15) is 0 Å². The number of nitrogens with one attached hydrogen (secondary N) is 1. The molecule has 0 aromatic heterocycles. The number of halogens is 3. The van der Waals surface area contributed by atoms with Crippen LogP contribution in [-0.2, 0) is 4.79 Å². The van der Waals surface area contributed by atoms with E-state index in [0.29, 0.717) is 25.3 Å². The summed E-state index contributed by atoms with van der Waals surface area (Å²) in [5.41, 5.74) is 0. The largest absolute Gasteiger partial charge is 0.494 e. The van der Waals surface area contributed by atoms with Crippen molar-refractivity contribution in [3.05, 3.63) is 30.1 Å². The van der Waals surface area contributed by atoms with Crippen LogP contribution in [0.1, 0.15) is 19.3 Å². The molecule has 1 amide bonds. The number of carbonyl (C=O) groups is 1. The Bertz CT molecular complexity index is 465. The molecule has 2 rings (SSSR count). The Morgan fingerprint density at radius 1 is 1.35 bits per heavy atom. The number of rotatable bonds is 7. The second-order valence-corrected chi connectivity index (χ2v) is 6.36. The van der Waals surface area contributed by atoms with Crippen molar-refractivity contribution in [2.45, 2.75) is 23.6 Å². The van der Waals surface area contributed by atoms with Crippen molar-refractivity contribution in [3.8, 4) is 5.75 Å². The van der Waals surface area contributed by atoms with Gasteiger partial charge in [-0.1, -0.05) is 0 Å². The van der Waals surface area contributed by atoms with Crippen LogP contribution in [0.3, 0.4) is 0 Å². The van der Waals surface area contributed by atoms with Gasteiger partial charge in [-0.3, -0.25) is 4.79 Å². The van der Waals surface area contributed by atoms with Crippen molar-refractivity contribution < 1.29 is 13.9 Å². The molecule has 20 heavy (non-hydrogen) atoms. The lowest BCUT2D eigenvalue weighted by atomic mass is 10.3. The highest BCUT2D eigenvalue weighted by Gasteiger charge is 2.56. The Balaban J connectivity index is 1.52. The summed E-state index contributed by atoms with van der Waals surface area (Å²) < 4.78 is 17.2. The van der Waals surface area contributed by atoms with Crippen LogP contribution in [0.15, 0.2) is 24.3 Å². The van der Waals surface area contributed by atoms with Crippen molar-refractivity contribution in [2.75, 3.05) is 13.2 Å². The molecular weight excluding hydrogens is 304 g/mol. The van der Waals surface area contributed by atoms with Gasteiger partial charge in [0.15, 0.2) is 0 Å². The fraction of sp³-hybridized carbons (Fsp3) is 0.500. The zero-order valence-electron chi connectivity index (χ0n) is 10.9. The molecule has 0 spiro atoms. The normalized spacial score (nSPS) is 19.4. The van der Waals surface area contributed by atoms with E-state index < -0.39 is 4.33 Å². The average molecular weight is 320 g/mol. The van der Waals surface area contributed by atoms with Crippen LogP contribution < -0.4 is 10.1 Å². The minimum atomic E-state index is -0.865. The molecule has 1 saturated carbocycles. The molecule has 1 aromatic rings. The summed E-state index contributed by atoms with van der Waals surface area (Å²) in [6, 6.07) is 5.89. The number of ether oxygens (including phenoxy) is 1. The van der Waals surface area contributed by atoms with E-state index in [1.54, 1.807) is 12.1 Å². The molecular formula is C14H16Cl2FNO2. The van der Waals surface area contributed by atoms with E-state index in [4.69, 9.17) is 27.9 Å². The maximum Gasteiger partial charge on any atom is 0.226 e. The number of carbonyl (C=O) groups excluding carboxylic acids is 1. The smallest absolute Gasteiger partial charge is 0.226 e. The van der Waals surface area contributed by atoms with Crippen molar-refractivity contribution in [2.24, 2.45) is 5.92 Å². The Morgan fingerprint density at radius 2 is 2.00 bits per heavy atom. The molecule has 3 nitrogen and oxygen atoms in total. The average Bonchev–Trinajstić information content (AvgIpc) is 3.05. The van der Waals surface area contributed by atoms with Crippen molar-refractivity contribution in [1.82, 2.24) is 5.32 Å². The van der Waals surface area contributed by atoms with Gasteiger partial charge in [0.25, 0.3) is 0 Å². The molecule has 1 aliphatic rings. The Kier molecular flexibility index (Phi) is 5.11. The van der Waals surface area contributed by atoms with Gasteiger partial charge < -0.3 is 10.1 Å². The predicted octanol–water partition coefficient (Wildman–Crippen LogP) is 3.29. The SMILES string of the molecule is O=C(NCCCCOc1ccc(F)cc1)C1CC1(Cl)Cl. The van der Waals surface area contributed by atoms with Crippen molar-refractivity contribution >= 4 is 29.1 Å². The van der Waals surface area contributed by atoms with Crippen LogP contribution in [0.25, 0.3) is 0 Å². The van der Waals surface area contributed by atoms with E-state index in [0.717, 1.165) is 12.8 Å². The van der Waals surface area contributed by atoms with Crippen LogP contribution in [0.4, 0.5) is 4.39 Å². The third-order valence-corrected chi connectivity index (χ3v) is 3.93. The second kappa shape index (κ2) is 6.64. The number of alkyl halides is 2. The lowest BCUT2D eigenvalue weighted by Crippen LogP contribution is -2.27. The molecule has 0 saturated heterocycles. The fourth-order valence-corrected chi connectivity index (χ4v) is 2.29. The molecule has 0 aliphatic heterocycles. The van der Waals surface area contributed by atoms with Gasteiger partial charge in [-0.05, 0) is 43.5 Å². The maximum absolute atomic E-state index is 12.7. The molecule has 1 unspecified atom stereocenters. The topological polar surface area (TPSA) is 38.3 Å². The first-order chi connectivity index (χ1) is 9.49. The molecule has 0 bridgehead atoms. The lowest BCUT2D eigenvalue weighted by Gasteiger charge is -2.07. The molecule has 1 N–H and O–H groups in total. The molecule has 1 aliphatic carbocycles. The number of hydrogen-bond donors (Lipinski definition) is 1. The van der Waals surface area contributed by atoms with Gasteiger partial charge in [-0.25, -0.2) is 4.39 Å². The van der Waals surface area contributed by atoms with Crippen molar-refractivity contribution in [3.63, 3.8) is 0 Å². The number of unbranched alkanes of at least 4 members (excludes halogenated alkanes) is 1. The minimum absolute atomic E-state index is 0.0885. The fourth-order valence-electron chi connectivity index (χ4n) is 1.78. The van der Waals surface area contributed by atoms with Gasteiger partial charge in [0.05, 0.1) is 12.5 Å². The lowest BCUT2D eigenvalue weighted by molar-refractivity contribution is -0.122. The van der Waals surface area contributed by atoms with Crippen LogP contribution in [-0.4, -0.2) is 23.4 Å².